The van der Waals surface area contributed by atoms with E-state index in [1.807, 2.05) is 24.3 Å². The second-order valence-corrected chi connectivity index (χ2v) is 7.35. The third-order valence-electron chi connectivity index (χ3n) is 5.46. The molecule has 3 atom stereocenters. The molecule has 1 aliphatic carbocycles. The van der Waals surface area contributed by atoms with Gasteiger partial charge in [0.05, 0.1) is 26.2 Å². The molecule has 1 amide bonds. The first-order valence-electron chi connectivity index (χ1n) is 8.99. The molecular weight excluding hydrogens is 304 g/mol. The summed E-state index contributed by atoms with van der Waals surface area (Å²) >= 11 is 0. The molecule has 0 spiro atoms. The van der Waals surface area contributed by atoms with Crippen LogP contribution < -0.4 is 10.1 Å². The molecule has 3 aliphatic rings. The standard InChI is InChI=1S/C19H26N2O3/c1-23-17-4-2-3-13(7-17)8-19(22)20-15-9-16-12-24-18(14-5-6-14)11-21(16)10-15/h2-4,7,14-16,18H,5-6,8-12H2,1H3,(H,20,22)/t15-,16-,18+/m0/s1. The predicted octanol–water partition coefficient (Wildman–Crippen LogP) is 1.61. The number of amides is 1. The summed E-state index contributed by atoms with van der Waals surface area (Å²) in [5, 5.41) is 3.20. The van der Waals surface area contributed by atoms with E-state index in [0.29, 0.717) is 18.6 Å². The van der Waals surface area contributed by atoms with Gasteiger partial charge in [-0.1, -0.05) is 12.1 Å². The Bertz CT molecular complexity index is 602. The van der Waals surface area contributed by atoms with Crippen molar-refractivity contribution in [3.8, 4) is 5.75 Å². The molecule has 2 heterocycles. The Morgan fingerprint density at radius 3 is 3.04 bits per heavy atom. The Morgan fingerprint density at radius 2 is 2.25 bits per heavy atom. The minimum Gasteiger partial charge on any atom is -0.497 e. The first-order valence-corrected chi connectivity index (χ1v) is 8.99. The van der Waals surface area contributed by atoms with E-state index in [2.05, 4.69) is 10.2 Å². The maximum absolute atomic E-state index is 12.4. The van der Waals surface area contributed by atoms with E-state index in [4.69, 9.17) is 9.47 Å². The van der Waals surface area contributed by atoms with Crippen molar-refractivity contribution >= 4 is 5.91 Å². The van der Waals surface area contributed by atoms with Gasteiger partial charge < -0.3 is 14.8 Å². The topological polar surface area (TPSA) is 50.8 Å². The Balaban J connectivity index is 1.28. The van der Waals surface area contributed by atoms with Crippen molar-refractivity contribution in [3.63, 3.8) is 0 Å². The SMILES string of the molecule is COc1cccc(CC(=O)N[C@H]2C[C@H]3CO[C@@H](C4CC4)CN3C2)c1. The zero-order chi connectivity index (χ0) is 16.5. The predicted molar refractivity (Wildman–Crippen MR) is 91.1 cm³/mol. The maximum atomic E-state index is 12.4. The van der Waals surface area contributed by atoms with Gasteiger partial charge in [0, 0.05) is 25.2 Å². The number of nitrogens with one attached hydrogen (secondary N) is 1. The van der Waals surface area contributed by atoms with Crippen LogP contribution in [0.5, 0.6) is 5.75 Å². The molecule has 1 aromatic carbocycles. The number of carbonyl (C=O) groups excluding carboxylic acids is 1. The summed E-state index contributed by atoms with van der Waals surface area (Å²) in [6, 6.07) is 8.43. The number of nitrogens with zero attached hydrogens (tertiary/aromatic N) is 1. The zero-order valence-corrected chi connectivity index (χ0v) is 14.2. The van der Waals surface area contributed by atoms with Crippen LogP contribution in [0.2, 0.25) is 0 Å². The van der Waals surface area contributed by atoms with E-state index >= 15 is 0 Å². The lowest BCUT2D eigenvalue weighted by Crippen LogP contribution is -2.47. The lowest BCUT2D eigenvalue weighted by Gasteiger charge is -2.35. The number of hydrogen-bond acceptors (Lipinski definition) is 4. The minimum absolute atomic E-state index is 0.0905. The number of hydrogen-bond donors (Lipinski definition) is 1. The van der Waals surface area contributed by atoms with Crippen molar-refractivity contribution in [1.82, 2.24) is 10.2 Å². The number of carbonyl (C=O) groups is 1. The number of fused-ring (bicyclic) bond motifs is 1. The average molecular weight is 330 g/mol. The van der Waals surface area contributed by atoms with Crippen LogP contribution in [-0.4, -0.2) is 55.8 Å². The van der Waals surface area contributed by atoms with E-state index in [1.54, 1.807) is 7.11 Å². The van der Waals surface area contributed by atoms with Crippen molar-refractivity contribution < 1.29 is 14.3 Å². The van der Waals surface area contributed by atoms with Crippen LogP contribution in [0, 0.1) is 5.92 Å². The van der Waals surface area contributed by atoms with Crippen LogP contribution in [-0.2, 0) is 16.0 Å². The highest BCUT2D eigenvalue weighted by Crippen LogP contribution is 2.37. The Hall–Kier alpha value is -1.59. The molecule has 1 N–H and O–H groups in total. The molecule has 5 heteroatoms. The molecule has 2 aliphatic heterocycles. The quantitative estimate of drug-likeness (QED) is 0.891. The van der Waals surface area contributed by atoms with Gasteiger partial charge in [-0.3, -0.25) is 9.69 Å². The smallest absolute Gasteiger partial charge is 0.224 e. The molecular formula is C19H26N2O3. The summed E-state index contributed by atoms with van der Waals surface area (Å²) in [5.41, 5.74) is 0.986. The highest BCUT2D eigenvalue weighted by atomic mass is 16.5. The number of rotatable bonds is 5. The van der Waals surface area contributed by atoms with Crippen LogP contribution in [0.15, 0.2) is 24.3 Å². The molecule has 5 nitrogen and oxygen atoms in total. The van der Waals surface area contributed by atoms with E-state index in [-0.39, 0.29) is 11.9 Å². The van der Waals surface area contributed by atoms with Gasteiger partial charge in [0.2, 0.25) is 5.91 Å². The van der Waals surface area contributed by atoms with Crippen LogP contribution in [0.25, 0.3) is 0 Å². The van der Waals surface area contributed by atoms with Crippen LogP contribution in [0.4, 0.5) is 0 Å². The van der Waals surface area contributed by atoms with Gasteiger partial charge in [-0.15, -0.1) is 0 Å². The fourth-order valence-electron chi connectivity index (χ4n) is 4.00. The molecule has 0 unspecified atom stereocenters. The normalized spacial score (nSPS) is 30.0. The summed E-state index contributed by atoms with van der Waals surface area (Å²) in [4.78, 5) is 14.9. The monoisotopic (exact) mass is 330 g/mol. The number of morpholine rings is 1. The number of ether oxygens (including phenoxy) is 2. The van der Waals surface area contributed by atoms with Gasteiger partial charge in [-0.2, -0.15) is 0 Å². The molecule has 0 bridgehead atoms. The molecule has 2 saturated heterocycles. The maximum Gasteiger partial charge on any atom is 0.224 e. The third kappa shape index (κ3) is 3.57. The van der Waals surface area contributed by atoms with E-state index in [1.165, 1.54) is 12.8 Å². The number of methoxy groups -OCH3 is 1. The van der Waals surface area contributed by atoms with Crippen LogP contribution in [0.1, 0.15) is 24.8 Å². The lowest BCUT2D eigenvalue weighted by atomic mass is 10.1. The number of benzene rings is 1. The lowest BCUT2D eigenvalue weighted by molar-refractivity contribution is -0.121. The molecule has 3 fully saturated rings. The van der Waals surface area contributed by atoms with Crippen LogP contribution >= 0.6 is 0 Å². The highest BCUT2D eigenvalue weighted by Gasteiger charge is 2.42. The van der Waals surface area contributed by atoms with E-state index < -0.39 is 0 Å². The largest absolute Gasteiger partial charge is 0.497 e. The van der Waals surface area contributed by atoms with E-state index in [0.717, 1.165) is 43.3 Å². The second-order valence-electron chi connectivity index (χ2n) is 7.35. The molecule has 1 aromatic rings. The highest BCUT2D eigenvalue weighted by molar-refractivity contribution is 5.79. The molecule has 0 aromatic heterocycles. The van der Waals surface area contributed by atoms with Gasteiger partial charge in [-0.05, 0) is 42.9 Å². The molecule has 0 radical (unpaired) electrons. The Morgan fingerprint density at radius 1 is 1.38 bits per heavy atom. The molecule has 1 saturated carbocycles. The summed E-state index contributed by atoms with van der Waals surface area (Å²) in [6.45, 7) is 2.82. The van der Waals surface area contributed by atoms with Gasteiger partial charge in [0.25, 0.3) is 0 Å². The van der Waals surface area contributed by atoms with Crippen molar-refractivity contribution in [1.29, 1.82) is 0 Å². The first kappa shape index (κ1) is 15.9. The summed E-state index contributed by atoms with van der Waals surface area (Å²) in [7, 11) is 1.64. The molecule has 130 valence electrons. The Labute approximate surface area is 143 Å². The van der Waals surface area contributed by atoms with Crippen molar-refractivity contribution in [3.05, 3.63) is 29.8 Å². The van der Waals surface area contributed by atoms with Crippen molar-refractivity contribution in [2.45, 2.75) is 43.9 Å². The van der Waals surface area contributed by atoms with E-state index in [9.17, 15) is 4.79 Å². The fraction of sp³-hybridized carbons (Fsp3) is 0.632. The summed E-state index contributed by atoms with van der Waals surface area (Å²) < 4.78 is 11.2. The second kappa shape index (κ2) is 6.73. The van der Waals surface area contributed by atoms with Crippen molar-refractivity contribution in [2.24, 2.45) is 5.92 Å². The van der Waals surface area contributed by atoms with Crippen LogP contribution in [0.3, 0.4) is 0 Å². The molecule has 4 rings (SSSR count). The zero-order valence-electron chi connectivity index (χ0n) is 14.2. The van der Waals surface area contributed by atoms with Gasteiger partial charge in [-0.25, -0.2) is 0 Å². The van der Waals surface area contributed by atoms with Gasteiger partial charge in [0.15, 0.2) is 0 Å². The first-order chi connectivity index (χ1) is 11.7. The summed E-state index contributed by atoms with van der Waals surface area (Å²) in [5.74, 6) is 1.67. The summed E-state index contributed by atoms with van der Waals surface area (Å²) in [6.07, 6.45) is 4.47. The van der Waals surface area contributed by atoms with Gasteiger partial charge >= 0.3 is 0 Å². The third-order valence-corrected chi connectivity index (χ3v) is 5.46. The van der Waals surface area contributed by atoms with Crippen molar-refractivity contribution in [2.75, 3.05) is 26.8 Å². The Kier molecular flexibility index (Phi) is 4.46. The fourth-order valence-corrected chi connectivity index (χ4v) is 4.00. The molecule has 24 heavy (non-hydrogen) atoms. The minimum atomic E-state index is 0.0905. The van der Waals surface area contributed by atoms with Gasteiger partial charge in [0.1, 0.15) is 5.75 Å². The average Bonchev–Trinajstić information content (AvgIpc) is 3.35.